The van der Waals surface area contributed by atoms with Crippen LogP contribution in [0, 0.1) is 12.8 Å². The average molecular weight is 317 g/mol. The summed E-state index contributed by atoms with van der Waals surface area (Å²) in [5.74, 6) is -0.998. The van der Waals surface area contributed by atoms with Gasteiger partial charge in [-0.2, -0.15) is 0 Å². The van der Waals surface area contributed by atoms with E-state index in [-0.39, 0.29) is 11.8 Å². The van der Waals surface area contributed by atoms with Crippen molar-refractivity contribution in [2.45, 2.75) is 46.2 Å². The van der Waals surface area contributed by atoms with Gasteiger partial charge in [0.1, 0.15) is 6.04 Å². The van der Waals surface area contributed by atoms with Crippen LogP contribution in [0.25, 0.3) is 5.57 Å². The normalized spacial score (nSPS) is 14.4. The molecular formula is C18H27N3O2. The van der Waals surface area contributed by atoms with E-state index in [1.165, 1.54) is 0 Å². The molecule has 0 heterocycles. The van der Waals surface area contributed by atoms with Crippen LogP contribution in [0.3, 0.4) is 0 Å². The lowest BCUT2D eigenvalue weighted by Gasteiger charge is -2.22. The third-order valence-corrected chi connectivity index (χ3v) is 3.89. The van der Waals surface area contributed by atoms with E-state index in [0.29, 0.717) is 6.42 Å². The minimum Gasteiger partial charge on any atom is -0.368 e. The zero-order valence-corrected chi connectivity index (χ0v) is 14.3. The highest BCUT2D eigenvalue weighted by Gasteiger charge is 2.25. The molecule has 0 aliphatic heterocycles. The number of primary amides is 1. The Morgan fingerprint density at radius 2 is 1.87 bits per heavy atom. The SMILES string of the molecule is C/C=C(/C[C@H](N)C(=O)N[C@H](C(N)=O)C(C)C)c1ccccc1C. The van der Waals surface area contributed by atoms with Crippen molar-refractivity contribution in [2.24, 2.45) is 17.4 Å². The predicted octanol–water partition coefficient (Wildman–Crippen LogP) is 1.74. The number of hydrogen-bond donors (Lipinski definition) is 3. The molecule has 0 radical (unpaired) electrons. The molecule has 1 aromatic carbocycles. The molecule has 1 rings (SSSR count). The summed E-state index contributed by atoms with van der Waals surface area (Å²) in [7, 11) is 0. The summed E-state index contributed by atoms with van der Waals surface area (Å²) < 4.78 is 0. The standard InChI is InChI=1S/C18H27N3O2/c1-5-13(14-9-7-6-8-12(14)4)10-15(19)18(23)21-16(11(2)3)17(20)22/h5-9,11,15-16H,10,19H2,1-4H3,(H2,20,22)(H,21,23)/b13-5-/t15-,16-/m0/s1. The number of carbonyl (C=O) groups excluding carboxylic acids is 2. The zero-order chi connectivity index (χ0) is 17.6. The van der Waals surface area contributed by atoms with E-state index < -0.39 is 18.0 Å². The Labute approximate surface area is 138 Å². The number of nitrogens with two attached hydrogens (primary N) is 2. The van der Waals surface area contributed by atoms with Gasteiger partial charge in [-0.1, -0.05) is 44.2 Å². The van der Waals surface area contributed by atoms with Crippen molar-refractivity contribution in [1.29, 1.82) is 0 Å². The number of aryl methyl sites for hydroxylation is 1. The summed E-state index contributed by atoms with van der Waals surface area (Å²) in [6, 6.07) is 6.52. The van der Waals surface area contributed by atoms with Crippen molar-refractivity contribution >= 4 is 17.4 Å². The molecule has 2 atom stereocenters. The Hall–Kier alpha value is -2.14. The molecule has 5 N–H and O–H groups in total. The van der Waals surface area contributed by atoms with Crippen molar-refractivity contribution in [2.75, 3.05) is 0 Å². The molecule has 0 saturated carbocycles. The fourth-order valence-electron chi connectivity index (χ4n) is 2.47. The molecule has 5 nitrogen and oxygen atoms in total. The summed E-state index contributed by atoms with van der Waals surface area (Å²) in [6.07, 6.45) is 2.36. The second-order valence-electron chi connectivity index (χ2n) is 6.07. The summed E-state index contributed by atoms with van der Waals surface area (Å²) in [5.41, 5.74) is 14.6. The Bertz CT molecular complexity index is 594. The summed E-state index contributed by atoms with van der Waals surface area (Å²) >= 11 is 0. The van der Waals surface area contributed by atoms with Crippen molar-refractivity contribution in [3.05, 3.63) is 41.5 Å². The lowest BCUT2D eigenvalue weighted by Crippen LogP contribution is -2.52. The monoisotopic (exact) mass is 317 g/mol. The van der Waals surface area contributed by atoms with Gasteiger partial charge < -0.3 is 16.8 Å². The van der Waals surface area contributed by atoms with Crippen molar-refractivity contribution in [3.8, 4) is 0 Å². The number of hydrogen-bond acceptors (Lipinski definition) is 3. The molecule has 0 unspecified atom stereocenters. The van der Waals surface area contributed by atoms with Crippen LogP contribution in [-0.4, -0.2) is 23.9 Å². The van der Waals surface area contributed by atoms with Gasteiger partial charge in [0.15, 0.2) is 0 Å². The van der Waals surface area contributed by atoms with E-state index in [1.54, 1.807) is 0 Å². The van der Waals surface area contributed by atoms with Crippen LogP contribution in [0.2, 0.25) is 0 Å². The van der Waals surface area contributed by atoms with E-state index in [9.17, 15) is 9.59 Å². The average Bonchev–Trinajstić information content (AvgIpc) is 2.49. The Morgan fingerprint density at radius 1 is 1.26 bits per heavy atom. The van der Waals surface area contributed by atoms with Crippen LogP contribution in [0.5, 0.6) is 0 Å². The summed E-state index contributed by atoms with van der Waals surface area (Å²) in [5, 5.41) is 2.65. The highest BCUT2D eigenvalue weighted by molar-refractivity contribution is 5.90. The third-order valence-electron chi connectivity index (χ3n) is 3.89. The molecule has 1 aromatic rings. The van der Waals surface area contributed by atoms with E-state index in [0.717, 1.165) is 16.7 Å². The molecule has 0 spiro atoms. The fraction of sp³-hybridized carbons (Fsp3) is 0.444. The number of amides is 2. The minimum atomic E-state index is -0.735. The first-order valence-corrected chi connectivity index (χ1v) is 7.84. The number of carbonyl (C=O) groups is 2. The quantitative estimate of drug-likeness (QED) is 0.714. The zero-order valence-electron chi connectivity index (χ0n) is 14.3. The molecule has 5 heteroatoms. The lowest BCUT2D eigenvalue weighted by molar-refractivity contribution is -0.129. The number of nitrogens with one attached hydrogen (secondary N) is 1. The van der Waals surface area contributed by atoms with E-state index in [1.807, 2.05) is 58.0 Å². The molecule has 0 fully saturated rings. The Balaban J connectivity index is 2.81. The highest BCUT2D eigenvalue weighted by atomic mass is 16.2. The maximum Gasteiger partial charge on any atom is 0.240 e. The van der Waals surface area contributed by atoms with Crippen molar-refractivity contribution in [3.63, 3.8) is 0 Å². The maximum absolute atomic E-state index is 12.3. The molecular weight excluding hydrogens is 290 g/mol. The van der Waals surface area contributed by atoms with Gasteiger partial charge in [0, 0.05) is 0 Å². The predicted molar refractivity (Wildman–Crippen MR) is 93.4 cm³/mol. The van der Waals surface area contributed by atoms with E-state index in [4.69, 9.17) is 11.5 Å². The van der Waals surface area contributed by atoms with Gasteiger partial charge >= 0.3 is 0 Å². The van der Waals surface area contributed by atoms with Crippen LogP contribution in [0.4, 0.5) is 0 Å². The molecule has 0 aliphatic rings. The van der Waals surface area contributed by atoms with E-state index >= 15 is 0 Å². The molecule has 126 valence electrons. The smallest absolute Gasteiger partial charge is 0.240 e. The van der Waals surface area contributed by atoms with Crippen molar-refractivity contribution < 1.29 is 9.59 Å². The van der Waals surface area contributed by atoms with E-state index in [2.05, 4.69) is 5.32 Å². The van der Waals surface area contributed by atoms with Gasteiger partial charge in [-0.25, -0.2) is 0 Å². The van der Waals surface area contributed by atoms with Gasteiger partial charge in [0.25, 0.3) is 0 Å². The van der Waals surface area contributed by atoms with Crippen LogP contribution in [0.1, 0.15) is 38.3 Å². The first-order chi connectivity index (χ1) is 10.8. The first-order valence-electron chi connectivity index (χ1n) is 7.84. The third kappa shape index (κ3) is 5.21. The second-order valence-corrected chi connectivity index (χ2v) is 6.07. The van der Waals surface area contributed by atoms with Gasteiger partial charge in [-0.3, -0.25) is 9.59 Å². The molecule has 0 bridgehead atoms. The minimum absolute atomic E-state index is 0.0822. The van der Waals surface area contributed by atoms with Gasteiger partial charge in [-0.15, -0.1) is 0 Å². The van der Waals surface area contributed by atoms with Gasteiger partial charge in [0.05, 0.1) is 6.04 Å². The molecule has 0 saturated heterocycles. The van der Waals surface area contributed by atoms with Crippen LogP contribution in [-0.2, 0) is 9.59 Å². The van der Waals surface area contributed by atoms with Gasteiger partial charge in [0.2, 0.25) is 11.8 Å². The van der Waals surface area contributed by atoms with Crippen molar-refractivity contribution in [1.82, 2.24) is 5.32 Å². The number of rotatable bonds is 7. The molecule has 2 amide bonds. The maximum atomic E-state index is 12.3. The number of benzene rings is 1. The van der Waals surface area contributed by atoms with Crippen LogP contribution < -0.4 is 16.8 Å². The molecule has 0 aromatic heterocycles. The topological polar surface area (TPSA) is 98.2 Å². The Kier molecular flexibility index (Phi) is 6.97. The summed E-state index contributed by atoms with van der Waals surface area (Å²) in [6.45, 7) is 7.59. The fourth-order valence-corrected chi connectivity index (χ4v) is 2.47. The van der Waals surface area contributed by atoms with Crippen LogP contribution >= 0.6 is 0 Å². The molecule has 23 heavy (non-hydrogen) atoms. The van der Waals surface area contributed by atoms with Crippen LogP contribution in [0.15, 0.2) is 30.3 Å². The van der Waals surface area contributed by atoms with Gasteiger partial charge in [-0.05, 0) is 42.9 Å². The largest absolute Gasteiger partial charge is 0.368 e. The Morgan fingerprint density at radius 3 is 2.35 bits per heavy atom. The second kappa shape index (κ2) is 8.48. The molecule has 0 aliphatic carbocycles. The summed E-state index contributed by atoms with van der Waals surface area (Å²) in [4.78, 5) is 23.7. The highest BCUT2D eigenvalue weighted by Crippen LogP contribution is 2.22. The first kappa shape index (κ1) is 18.9. The lowest BCUT2D eigenvalue weighted by atomic mass is 9.94. The number of allylic oxidation sites excluding steroid dienone is 1.